The summed E-state index contributed by atoms with van der Waals surface area (Å²) in [6.45, 7) is 0.222. The molecular formula is C95H110N8O44. The average molecular weight is 2070 g/mol. The molecule has 52 nitrogen and oxygen atoms in total. The molecule has 7 aromatic carbocycles. The first kappa shape index (κ1) is 106. The second-order valence-electron chi connectivity index (χ2n) is 36.6. The van der Waals surface area contributed by atoms with Crippen LogP contribution >= 0.6 is 0 Å². The highest BCUT2D eigenvalue weighted by Crippen LogP contribution is 2.52. The zero-order chi connectivity index (χ0) is 105. The molecule has 0 aromatic heterocycles. The molecule has 0 amide bonds. The van der Waals surface area contributed by atoms with Gasteiger partial charge in [0.15, 0.2) is 90.5 Å². The number of aliphatic imine (C=N–C) groups is 6. The van der Waals surface area contributed by atoms with Gasteiger partial charge < -0.3 is 225 Å². The van der Waals surface area contributed by atoms with Gasteiger partial charge in [0.05, 0.1) is 51.8 Å². The van der Waals surface area contributed by atoms with Crippen molar-refractivity contribution in [3.05, 3.63) is 166 Å². The molecular weight excluding hydrogens is 1960 g/mol. The van der Waals surface area contributed by atoms with Crippen molar-refractivity contribution in [2.24, 2.45) is 41.4 Å². The van der Waals surface area contributed by atoms with Gasteiger partial charge in [0.25, 0.3) is 0 Å². The van der Waals surface area contributed by atoms with Crippen molar-refractivity contribution in [3.63, 3.8) is 0 Å². The van der Waals surface area contributed by atoms with Crippen LogP contribution in [0.15, 0.2) is 151 Å². The summed E-state index contributed by atoms with van der Waals surface area (Å²) in [6.07, 6.45) is -58.2. The number of carbonyl (C=O) groups is 1. The molecule has 0 aliphatic carbocycles. The average Bonchev–Trinajstić information content (AvgIpc) is 0.742. The lowest BCUT2D eigenvalue weighted by molar-refractivity contribution is -0.385. The molecule has 52 heteroatoms. The van der Waals surface area contributed by atoms with E-state index in [-0.39, 0.29) is 51.7 Å². The predicted molar refractivity (Wildman–Crippen MR) is 495 cm³/mol. The molecule has 12 heterocycles. The normalized spacial score (nSPS) is 36.2. The standard InChI is InChI=1S/C95H110N8O44/c1-30-47(109)18-37-20-49(30)139-50-19-35(9-16-46(50)108)59(97)84(125)102-64-68(113)33-5-11-40(12-6-33)137-52-21-38-22-53(81(52)145-95-83(76(121)72(117)56(143-95)29-134-91-78(123)73(118)67(112)32(3)136-91)147-94-82(75(120)71(116)55(27-105)142-94)146-92-77(122)69(114)48(110)28-133-92)138-41-13-7-34(8-14-41)80(144-57-25-44(96)66(111)31(2)135-57)65-89(130)101-63(90(131)132-4)43-23-39(106)24-51(140-93-79(124)74(119)70(115)54(26-104)141-93)58(43)42-17-36(10-15-45(42)107)60(85(126)103-65)98-87(128)62(38)99-86(127)61(37)100-88(64)129/h5-24,31-32,44,48,54-57,59-80,82-83,91-95,104-124H,25-29,96-97H2,1-4H3,(H,98,128)(H,99,127)(H,100,129)(H,101,130)(H,102,125)(H,103,126)/t31-,32-,44+,48+,54+,55+,56+,57-,59+,60+,61-,62+,63-,64+,65-,66-,67-,68+,69+,70+,71+,72+,73+,74-,75-,76-,77-,78+,79-,80+,82-,83+,91+,92-,93+,94+,95-/m0/s1. The minimum Gasteiger partial charge on any atom is -0.508 e. The molecule has 12 aliphatic rings. The summed E-state index contributed by atoms with van der Waals surface area (Å²) in [5.41, 5.74) is 9.55. The summed E-state index contributed by atoms with van der Waals surface area (Å²) >= 11 is 0. The van der Waals surface area contributed by atoms with Crippen molar-refractivity contribution in [3.8, 4) is 80.1 Å². The summed E-state index contributed by atoms with van der Waals surface area (Å²) in [5.74, 6) is -16.6. The van der Waals surface area contributed by atoms with E-state index < -0.39 is 374 Å². The van der Waals surface area contributed by atoms with Crippen molar-refractivity contribution in [2.45, 2.75) is 254 Å². The maximum atomic E-state index is 14.9. The van der Waals surface area contributed by atoms with Gasteiger partial charge in [-0.2, -0.15) is 0 Å². The van der Waals surface area contributed by atoms with E-state index >= 15 is 0 Å². The van der Waals surface area contributed by atoms with Crippen LogP contribution in [-0.4, -0.2) is 397 Å². The Kier molecular flexibility index (Phi) is 31.5. The van der Waals surface area contributed by atoms with Crippen LogP contribution in [0.2, 0.25) is 0 Å². The fraction of sp³-hybridized carbons (Fsp3) is 0.484. The van der Waals surface area contributed by atoms with Gasteiger partial charge in [-0.15, -0.1) is 0 Å². The van der Waals surface area contributed by atoms with Crippen LogP contribution in [0.3, 0.4) is 0 Å². The molecule has 7 aromatic rings. The molecule has 37 atom stereocenters. The van der Waals surface area contributed by atoms with Crippen LogP contribution in [0, 0.1) is 6.92 Å². The number of hydrogen-bond donors (Lipinski definition) is 29. The van der Waals surface area contributed by atoms with Crippen molar-refractivity contribution in [2.75, 3.05) is 33.5 Å². The number of phenols is 4. The van der Waals surface area contributed by atoms with E-state index in [0.717, 1.165) is 67.8 Å². The lowest BCUT2D eigenvalue weighted by Crippen LogP contribution is -2.67. The van der Waals surface area contributed by atoms with Crippen LogP contribution in [0.4, 0.5) is 0 Å². The Balaban J connectivity index is 0.942. The van der Waals surface area contributed by atoms with E-state index in [4.69, 9.17) is 97.2 Å². The Hall–Kier alpha value is -12.1. The minimum atomic E-state index is -2.59. The predicted octanol–water partition coefficient (Wildman–Crippen LogP) is -1.46. The molecule has 0 radical (unpaired) electrons. The highest BCUT2D eigenvalue weighted by molar-refractivity contribution is 5.96. The fourth-order valence-corrected chi connectivity index (χ4v) is 18.3. The number of fused-ring (bicyclic) bond motifs is 12. The maximum absolute atomic E-state index is 14.9. The van der Waals surface area contributed by atoms with E-state index in [1.54, 1.807) is 0 Å². The van der Waals surface area contributed by atoms with Crippen LogP contribution < -0.4 is 35.2 Å². The quantitative estimate of drug-likeness (QED) is 0.0492. The van der Waals surface area contributed by atoms with Gasteiger partial charge in [-0.05, 0) is 133 Å². The Morgan fingerprint density at radius 3 is 1.59 bits per heavy atom. The fourth-order valence-electron chi connectivity index (χ4n) is 18.3. The monoisotopic (exact) mass is 2070 g/mol. The van der Waals surface area contributed by atoms with E-state index in [9.17, 15) is 143 Å². The SMILES string of the molecule is COC(=O)[C@H]1N=C(O)[C@H]2N=C(O)[C@H](N=C(O)[C@@H]3N=C(O)[C@H]4N=C(O)[C@H](N=C(O)[C@H](N)c5ccc(O)c(c5)Oc5cc4cc(O)c5C)[C@H](O)c4ccc(cc4)Oc4cc3cc(c4O[C@@H]3O[C@H](CO[C@@H]4O[C@@H](C)[C@H](O)[C@@H](O)[C@H]4O)[C@@H](O)[C@H](O)[C@H]3O[C@H]3O[C@H](CO)[C@@H](O)[C@H](O)[C@@H]3O[C@@H]3OC[C@@H](O)[C@@H](O)[C@@H]3O)Oc3ccc(cc3)[C@H]2O[C@H]2C[C@@H](N)[C@@H](O)[C@H](C)O2)c2ccc(O)c(c2)-c2c(O[C@@H]3O[C@H](CO)[C@@H](O)[C@H](O)[C@@H]3O)cc(O)cc21. The number of nitrogens with two attached hydrogens (primary N) is 2. The Morgan fingerprint density at radius 1 is 0.422 bits per heavy atom. The number of aliphatic hydroxyl groups is 23. The highest BCUT2D eigenvalue weighted by Gasteiger charge is 2.57. The number of phenolic OH excluding ortho intramolecular Hbond substituents is 4. The molecule has 794 valence electrons. The molecule has 6 saturated heterocycles. The van der Waals surface area contributed by atoms with Crippen molar-refractivity contribution < 1.29 is 218 Å². The zero-order valence-electron chi connectivity index (χ0n) is 77.8. The van der Waals surface area contributed by atoms with E-state index in [1.807, 2.05) is 0 Å². The second kappa shape index (κ2) is 43.6. The smallest absolute Gasteiger partial charge is 0.335 e. The van der Waals surface area contributed by atoms with Gasteiger partial charge in [0, 0.05) is 40.8 Å². The first-order valence-corrected chi connectivity index (χ1v) is 46.2. The number of rotatable bonds is 16. The zero-order valence-corrected chi connectivity index (χ0v) is 77.8. The number of carbonyl (C=O) groups excluding carboxylic acids is 1. The number of ether oxygens (including phenoxy) is 16. The minimum absolute atomic E-state index is 0.0145. The molecule has 17 bridgehead atoms. The summed E-state index contributed by atoms with van der Waals surface area (Å²) in [6, 6.07) is 4.86. The maximum Gasteiger partial charge on any atom is 0.335 e. The van der Waals surface area contributed by atoms with Crippen LogP contribution in [0.1, 0.15) is 107 Å². The van der Waals surface area contributed by atoms with Gasteiger partial charge in [-0.25, -0.2) is 34.7 Å². The summed E-state index contributed by atoms with van der Waals surface area (Å²) < 4.78 is 100. The van der Waals surface area contributed by atoms with Gasteiger partial charge >= 0.3 is 5.97 Å². The topological polar surface area (TPSA) is 837 Å². The van der Waals surface area contributed by atoms with Crippen molar-refractivity contribution in [1.29, 1.82) is 0 Å². The number of aliphatic hydroxyl groups excluding tert-OH is 23. The van der Waals surface area contributed by atoms with E-state index in [1.165, 1.54) is 81.4 Å². The molecule has 19 rings (SSSR count). The number of nitrogens with zero attached hydrogens (tertiary/aromatic N) is 6. The first-order chi connectivity index (χ1) is 70.0. The second-order valence-corrected chi connectivity index (χ2v) is 36.6. The third-order valence-electron chi connectivity index (χ3n) is 26.7. The summed E-state index contributed by atoms with van der Waals surface area (Å²) in [5, 5.41) is 321. The Morgan fingerprint density at radius 2 is 0.939 bits per heavy atom. The Bertz CT molecular complexity index is 6110. The largest absolute Gasteiger partial charge is 0.508 e. The number of benzene rings is 7. The van der Waals surface area contributed by atoms with Crippen LogP contribution in [-0.2, 0) is 56.9 Å². The molecule has 12 aliphatic heterocycles. The number of esters is 1. The van der Waals surface area contributed by atoms with Gasteiger partial charge in [0.2, 0.25) is 53.7 Å². The lowest BCUT2D eigenvalue weighted by Gasteiger charge is -2.48. The molecule has 0 spiro atoms. The molecule has 147 heavy (non-hydrogen) atoms. The first-order valence-electron chi connectivity index (χ1n) is 46.2. The highest BCUT2D eigenvalue weighted by atomic mass is 16.8. The van der Waals surface area contributed by atoms with Gasteiger partial charge in [-0.1, -0.05) is 36.4 Å². The lowest BCUT2D eigenvalue weighted by atomic mass is 9.90. The van der Waals surface area contributed by atoms with E-state index in [0.29, 0.717) is 0 Å². The molecule has 0 saturated carbocycles. The van der Waals surface area contributed by atoms with Crippen LogP contribution in [0.5, 0.6) is 69.0 Å². The third kappa shape index (κ3) is 21.4. The summed E-state index contributed by atoms with van der Waals surface area (Å²) in [4.78, 5) is 42.4. The van der Waals surface area contributed by atoms with Crippen molar-refractivity contribution in [1.82, 2.24) is 0 Å². The van der Waals surface area contributed by atoms with Gasteiger partial charge in [0.1, 0.15) is 162 Å². The summed E-state index contributed by atoms with van der Waals surface area (Å²) in [7, 11) is 0.881. The number of hydrogen-bond acceptors (Lipinski definition) is 46. The number of aromatic hydroxyl groups is 4. The van der Waals surface area contributed by atoms with E-state index in [2.05, 4.69) is 20.0 Å². The number of methoxy groups -OCH3 is 1. The Labute approximate surface area is 831 Å². The third-order valence-corrected chi connectivity index (χ3v) is 26.7. The molecule has 6 fully saturated rings. The van der Waals surface area contributed by atoms with Gasteiger partial charge in [-0.3, -0.25) is 0 Å². The molecule has 0 unspecified atom stereocenters. The van der Waals surface area contributed by atoms with Crippen molar-refractivity contribution >= 4 is 41.4 Å². The molecule has 31 N–H and O–H groups in total. The van der Waals surface area contributed by atoms with Crippen LogP contribution in [0.25, 0.3) is 11.1 Å².